The maximum Gasteiger partial charge on any atom is 0.217 e. The average molecular weight is 284 g/mol. The summed E-state index contributed by atoms with van der Waals surface area (Å²) < 4.78 is 1.70. The van der Waals surface area contributed by atoms with Crippen molar-refractivity contribution in [3.8, 4) is 6.07 Å². The Kier molecular flexibility index (Phi) is 3.09. The molecule has 0 N–H and O–H groups in total. The summed E-state index contributed by atoms with van der Waals surface area (Å²) in [6.07, 6.45) is 5.82. The number of rotatable bonds is 2. The van der Waals surface area contributed by atoms with Gasteiger partial charge in [-0.1, -0.05) is 11.6 Å². The Labute approximate surface area is 120 Å². The van der Waals surface area contributed by atoms with Crippen LogP contribution in [-0.4, -0.2) is 19.4 Å². The van der Waals surface area contributed by atoms with Crippen molar-refractivity contribution in [2.75, 3.05) is 0 Å². The fourth-order valence-electron chi connectivity index (χ4n) is 2.04. The Morgan fingerprint density at radius 1 is 1.30 bits per heavy atom. The second-order valence-electron chi connectivity index (χ2n) is 4.41. The lowest BCUT2D eigenvalue weighted by atomic mass is 10.2. The molecule has 5 nitrogen and oxygen atoms in total. The molecular weight excluding hydrogens is 274 g/mol. The van der Waals surface area contributed by atoms with E-state index in [0.717, 1.165) is 22.6 Å². The van der Waals surface area contributed by atoms with Crippen LogP contribution in [0.15, 0.2) is 30.7 Å². The van der Waals surface area contributed by atoms with Gasteiger partial charge in [0.25, 0.3) is 0 Å². The number of fused-ring (bicyclic) bond motifs is 1. The first-order chi connectivity index (χ1) is 9.67. The first-order valence-electron chi connectivity index (χ1n) is 6.01. The molecule has 0 aliphatic rings. The van der Waals surface area contributed by atoms with E-state index in [0.29, 0.717) is 17.3 Å². The average Bonchev–Trinajstić information content (AvgIpc) is 2.78. The van der Waals surface area contributed by atoms with Gasteiger partial charge in [0.05, 0.1) is 16.2 Å². The van der Waals surface area contributed by atoms with Crippen LogP contribution in [0.4, 0.5) is 0 Å². The molecule has 20 heavy (non-hydrogen) atoms. The van der Waals surface area contributed by atoms with E-state index in [9.17, 15) is 0 Å². The first-order valence-corrected chi connectivity index (χ1v) is 6.39. The molecule has 98 valence electrons. The van der Waals surface area contributed by atoms with Crippen molar-refractivity contribution >= 4 is 17.1 Å². The van der Waals surface area contributed by atoms with Crippen LogP contribution in [0.25, 0.3) is 5.52 Å². The number of halogens is 1. The summed E-state index contributed by atoms with van der Waals surface area (Å²) >= 11 is 5.96. The molecule has 0 atom stereocenters. The van der Waals surface area contributed by atoms with E-state index in [4.69, 9.17) is 16.9 Å². The second-order valence-corrected chi connectivity index (χ2v) is 4.85. The minimum atomic E-state index is 0.325. The third-order valence-corrected chi connectivity index (χ3v) is 3.21. The molecule has 3 aromatic rings. The Hall–Kier alpha value is -2.45. The van der Waals surface area contributed by atoms with Crippen molar-refractivity contribution < 1.29 is 0 Å². The number of imidazole rings is 1. The van der Waals surface area contributed by atoms with Crippen molar-refractivity contribution in [3.05, 3.63) is 58.7 Å². The Morgan fingerprint density at radius 2 is 2.05 bits per heavy atom. The molecule has 3 heterocycles. The summed E-state index contributed by atoms with van der Waals surface area (Å²) in [5.74, 6) is 1.05. The Bertz CT molecular complexity index is 814. The maximum absolute atomic E-state index is 9.14. The van der Waals surface area contributed by atoms with Crippen molar-refractivity contribution in [2.45, 2.75) is 13.3 Å². The van der Waals surface area contributed by atoms with Gasteiger partial charge in [-0.25, -0.2) is 15.0 Å². The van der Waals surface area contributed by atoms with Crippen LogP contribution in [0, 0.1) is 18.3 Å². The molecule has 0 radical (unpaired) electrons. The predicted octanol–water partition coefficient (Wildman–Crippen LogP) is 2.55. The first kappa shape index (κ1) is 12.6. The molecule has 0 fully saturated rings. The fraction of sp³-hybridized carbons (Fsp3) is 0.143. The number of hydrogen-bond donors (Lipinski definition) is 0. The van der Waals surface area contributed by atoms with Gasteiger partial charge in [-0.05, 0) is 24.6 Å². The molecule has 0 aromatic carbocycles. The van der Waals surface area contributed by atoms with Gasteiger partial charge in [-0.15, -0.1) is 0 Å². The van der Waals surface area contributed by atoms with E-state index in [1.165, 1.54) is 0 Å². The lowest BCUT2D eigenvalue weighted by Gasteiger charge is -2.00. The van der Waals surface area contributed by atoms with E-state index in [1.54, 1.807) is 29.1 Å². The molecule has 6 heteroatoms. The molecule has 0 bridgehead atoms. The number of aryl methyl sites for hydroxylation is 1. The molecule has 0 amide bonds. The quantitative estimate of drug-likeness (QED) is 0.725. The summed E-state index contributed by atoms with van der Waals surface area (Å²) in [5, 5.41) is 9.71. The minimum Gasteiger partial charge on any atom is -0.290 e. The van der Waals surface area contributed by atoms with Gasteiger partial charge in [-0.2, -0.15) is 5.26 Å². The van der Waals surface area contributed by atoms with E-state index in [1.807, 2.05) is 13.0 Å². The molecule has 0 aliphatic heterocycles. The van der Waals surface area contributed by atoms with Gasteiger partial charge in [0.1, 0.15) is 11.9 Å². The zero-order chi connectivity index (χ0) is 14.1. The van der Waals surface area contributed by atoms with E-state index in [-0.39, 0.29) is 0 Å². The number of nitrogens with zero attached hydrogens (tertiary/aromatic N) is 5. The van der Waals surface area contributed by atoms with Gasteiger partial charge in [0.2, 0.25) is 5.82 Å². The Balaban J connectivity index is 2.08. The highest BCUT2D eigenvalue weighted by Gasteiger charge is 2.11. The summed E-state index contributed by atoms with van der Waals surface area (Å²) in [4.78, 5) is 12.7. The van der Waals surface area contributed by atoms with Crippen molar-refractivity contribution in [3.63, 3.8) is 0 Å². The second kappa shape index (κ2) is 4.91. The van der Waals surface area contributed by atoms with Crippen LogP contribution in [0.2, 0.25) is 5.02 Å². The molecule has 0 unspecified atom stereocenters. The van der Waals surface area contributed by atoms with Crippen molar-refractivity contribution in [2.24, 2.45) is 0 Å². The summed E-state index contributed by atoms with van der Waals surface area (Å²) in [7, 11) is 0. The highest BCUT2D eigenvalue weighted by Crippen LogP contribution is 2.19. The van der Waals surface area contributed by atoms with Gasteiger partial charge in [0, 0.05) is 25.0 Å². The van der Waals surface area contributed by atoms with E-state index in [2.05, 4.69) is 21.0 Å². The van der Waals surface area contributed by atoms with Crippen LogP contribution in [0.5, 0.6) is 0 Å². The lowest BCUT2D eigenvalue weighted by Crippen LogP contribution is -1.94. The highest BCUT2D eigenvalue weighted by molar-refractivity contribution is 6.30. The van der Waals surface area contributed by atoms with Gasteiger partial charge < -0.3 is 0 Å². The largest absolute Gasteiger partial charge is 0.290 e. The molecular formula is C14H10ClN5. The van der Waals surface area contributed by atoms with Gasteiger partial charge in [0.15, 0.2) is 0 Å². The molecule has 0 saturated heterocycles. The summed E-state index contributed by atoms with van der Waals surface area (Å²) in [6.45, 7) is 1.84. The number of aromatic nitrogens is 4. The van der Waals surface area contributed by atoms with Gasteiger partial charge >= 0.3 is 0 Å². The van der Waals surface area contributed by atoms with Crippen LogP contribution in [0.3, 0.4) is 0 Å². The number of pyridine rings is 1. The molecule has 0 aliphatic carbocycles. The monoisotopic (exact) mass is 283 g/mol. The fourth-order valence-corrected chi connectivity index (χ4v) is 2.20. The standard InChI is InChI=1S/C14H10ClN5/c1-9-17-6-10(7-18-9)4-12-13-3-2-11(15)8-20(13)14(5-16)19-12/h2-3,6-8H,4H2,1H3. The summed E-state index contributed by atoms with van der Waals surface area (Å²) in [5.41, 5.74) is 2.63. The molecule has 3 rings (SSSR count). The van der Waals surface area contributed by atoms with Crippen LogP contribution in [-0.2, 0) is 6.42 Å². The molecule has 0 saturated carbocycles. The zero-order valence-corrected chi connectivity index (χ0v) is 11.5. The van der Waals surface area contributed by atoms with Crippen molar-refractivity contribution in [1.29, 1.82) is 5.26 Å². The smallest absolute Gasteiger partial charge is 0.217 e. The van der Waals surface area contributed by atoms with Crippen LogP contribution in [0.1, 0.15) is 22.9 Å². The maximum atomic E-state index is 9.14. The molecule has 3 aromatic heterocycles. The zero-order valence-electron chi connectivity index (χ0n) is 10.7. The van der Waals surface area contributed by atoms with Crippen LogP contribution >= 0.6 is 11.6 Å². The van der Waals surface area contributed by atoms with Gasteiger partial charge in [-0.3, -0.25) is 4.40 Å². The topological polar surface area (TPSA) is 66.9 Å². The SMILES string of the molecule is Cc1ncc(Cc2nc(C#N)n3cc(Cl)ccc23)cn1. The normalized spacial score (nSPS) is 10.7. The predicted molar refractivity (Wildman–Crippen MR) is 74.5 cm³/mol. The third kappa shape index (κ3) is 2.22. The van der Waals surface area contributed by atoms with Crippen LogP contribution < -0.4 is 0 Å². The molecule has 0 spiro atoms. The minimum absolute atomic E-state index is 0.325. The lowest BCUT2D eigenvalue weighted by molar-refractivity contribution is 0.991. The Morgan fingerprint density at radius 3 is 2.75 bits per heavy atom. The summed E-state index contributed by atoms with van der Waals surface area (Å²) in [6, 6.07) is 5.72. The van der Waals surface area contributed by atoms with E-state index < -0.39 is 0 Å². The number of nitriles is 1. The number of hydrogen-bond acceptors (Lipinski definition) is 4. The van der Waals surface area contributed by atoms with Crippen molar-refractivity contribution in [1.82, 2.24) is 19.4 Å². The van der Waals surface area contributed by atoms with E-state index >= 15 is 0 Å². The third-order valence-electron chi connectivity index (χ3n) is 2.98. The highest BCUT2D eigenvalue weighted by atomic mass is 35.5.